The predicted molar refractivity (Wildman–Crippen MR) is 94.3 cm³/mol. The van der Waals surface area contributed by atoms with Crippen molar-refractivity contribution in [3.05, 3.63) is 49.4 Å². The van der Waals surface area contributed by atoms with Gasteiger partial charge in [0.15, 0.2) is 4.80 Å². The number of aryl methyl sites for hydroxylation is 1. The molecule has 3 rings (SSSR count). The Hall–Kier alpha value is -1.14. The van der Waals surface area contributed by atoms with Crippen molar-refractivity contribution in [1.82, 2.24) is 4.57 Å². The second-order valence-corrected chi connectivity index (χ2v) is 7.83. The fraction of sp³-hybridized carbons (Fsp3) is 0.200. The lowest BCUT2D eigenvalue weighted by molar-refractivity contribution is 0.100. The van der Waals surface area contributed by atoms with E-state index in [0.29, 0.717) is 19.0 Å². The lowest BCUT2D eigenvalue weighted by Crippen LogP contribution is -2.16. The molecule has 3 aromatic rings. The van der Waals surface area contributed by atoms with Crippen LogP contribution >= 0.6 is 45.9 Å². The van der Waals surface area contributed by atoms with Gasteiger partial charge in [0.1, 0.15) is 0 Å². The standard InChI is InChI=1S/C15H12Cl2N2OS2/c1-2-7-19-10-4-3-9(16)8-12(10)22-15(19)18-14(20)11-5-6-13(17)21-11/h3-6,8H,2,7H2,1H3. The summed E-state index contributed by atoms with van der Waals surface area (Å²) in [5.74, 6) is -0.264. The van der Waals surface area contributed by atoms with Gasteiger partial charge in [-0.2, -0.15) is 4.99 Å². The zero-order chi connectivity index (χ0) is 15.7. The third-order valence-electron chi connectivity index (χ3n) is 3.07. The molecule has 0 aliphatic rings. The van der Waals surface area contributed by atoms with E-state index in [9.17, 15) is 4.79 Å². The predicted octanol–water partition coefficient (Wildman–Crippen LogP) is 5.22. The van der Waals surface area contributed by atoms with Gasteiger partial charge in [-0.15, -0.1) is 11.3 Å². The number of carbonyl (C=O) groups is 1. The van der Waals surface area contributed by atoms with E-state index in [1.165, 1.54) is 22.7 Å². The summed E-state index contributed by atoms with van der Waals surface area (Å²) in [6, 6.07) is 9.13. The summed E-state index contributed by atoms with van der Waals surface area (Å²) in [6.45, 7) is 2.90. The van der Waals surface area contributed by atoms with Crippen molar-refractivity contribution in [2.24, 2.45) is 4.99 Å². The number of carbonyl (C=O) groups excluding carboxylic acids is 1. The highest BCUT2D eigenvalue weighted by Crippen LogP contribution is 2.24. The maximum atomic E-state index is 12.3. The van der Waals surface area contributed by atoms with Crippen molar-refractivity contribution >= 4 is 62.0 Å². The molecule has 0 aliphatic heterocycles. The first-order chi connectivity index (χ1) is 10.6. The van der Waals surface area contributed by atoms with Gasteiger partial charge in [-0.3, -0.25) is 4.79 Å². The molecular formula is C15H12Cl2N2OS2. The van der Waals surface area contributed by atoms with E-state index in [4.69, 9.17) is 23.2 Å². The third kappa shape index (κ3) is 3.13. The minimum atomic E-state index is -0.264. The Kier molecular flexibility index (Phi) is 4.68. The Bertz CT molecular complexity index is 908. The Morgan fingerprint density at radius 1 is 1.23 bits per heavy atom. The van der Waals surface area contributed by atoms with Gasteiger partial charge >= 0.3 is 0 Å². The number of thiophene rings is 1. The average molecular weight is 371 g/mol. The SMILES string of the molecule is CCCn1c(=NC(=O)c2ccc(Cl)s2)sc2cc(Cl)ccc21. The molecule has 7 heteroatoms. The number of halogens is 2. The average Bonchev–Trinajstić information content (AvgIpc) is 3.04. The first-order valence-corrected chi connectivity index (χ1v) is 9.10. The van der Waals surface area contributed by atoms with E-state index < -0.39 is 0 Å². The van der Waals surface area contributed by atoms with Gasteiger partial charge in [-0.1, -0.05) is 41.5 Å². The fourth-order valence-corrected chi connectivity index (χ4v) is 4.40. The van der Waals surface area contributed by atoms with Gasteiger partial charge in [-0.05, 0) is 36.8 Å². The van der Waals surface area contributed by atoms with E-state index >= 15 is 0 Å². The molecule has 2 aromatic heterocycles. The summed E-state index contributed by atoms with van der Waals surface area (Å²) in [5, 5.41) is 0.681. The van der Waals surface area contributed by atoms with E-state index in [1.807, 2.05) is 18.2 Å². The number of amides is 1. The number of benzene rings is 1. The number of nitrogens with zero attached hydrogens (tertiary/aromatic N) is 2. The Morgan fingerprint density at radius 3 is 2.73 bits per heavy atom. The molecule has 114 valence electrons. The molecule has 0 saturated carbocycles. The second-order valence-electron chi connectivity index (χ2n) is 4.67. The zero-order valence-electron chi connectivity index (χ0n) is 11.7. The van der Waals surface area contributed by atoms with E-state index in [-0.39, 0.29) is 5.91 Å². The zero-order valence-corrected chi connectivity index (χ0v) is 14.8. The van der Waals surface area contributed by atoms with Crippen molar-refractivity contribution in [3.63, 3.8) is 0 Å². The molecule has 3 nitrogen and oxygen atoms in total. The molecule has 0 atom stereocenters. The summed E-state index contributed by atoms with van der Waals surface area (Å²) in [4.78, 5) is 17.8. The largest absolute Gasteiger partial charge is 0.316 e. The van der Waals surface area contributed by atoms with Crippen molar-refractivity contribution in [3.8, 4) is 0 Å². The molecule has 1 aromatic carbocycles. The van der Waals surface area contributed by atoms with Gasteiger partial charge < -0.3 is 4.57 Å². The second kappa shape index (κ2) is 6.54. The number of hydrogen-bond donors (Lipinski definition) is 0. The molecule has 1 amide bonds. The molecular weight excluding hydrogens is 359 g/mol. The molecule has 22 heavy (non-hydrogen) atoms. The Morgan fingerprint density at radius 2 is 2.05 bits per heavy atom. The third-order valence-corrected chi connectivity index (χ3v) is 5.57. The lowest BCUT2D eigenvalue weighted by atomic mass is 10.3. The summed E-state index contributed by atoms with van der Waals surface area (Å²) in [7, 11) is 0. The molecule has 0 saturated heterocycles. The number of rotatable bonds is 3. The van der Waals surface area contributed by atoms with Gasteiger partial charge in [0.05, 0.1) is 19.4 Å². The van der Waals surface area contributed by atoms with Gasteiger partial charge in [0.25, 0.3) is 5.91 Å². The van der Waals surface area contributed by atoms with Crippen molar-refractivity contribution in [2.45, 2.75) is 19.9 Å². The van der Waals surface area contributed by atoms with Crippen molar-refractivity contribution < 1.29 is 4.79 Å². The molecule has 0 bridgehead atoms. The van der Waals surface area contributed by atoms with Crippen LogP contribution in [0.5, 0.6) is 0 Å². The Labute approximate surface area is 145 Å². The highest BCUT2D eigenvalue weighted by atomic mass is 35.5. The van der Waals surface area contributed by atoms with Crippen molar-refractivity contribution in [2.75, 3.05) is 0 Å². The lowest BCUT2D eigenvalue weighted by Gasteiger charge is -2.02. The van der Waals surface area contributed by atoms with Crippen LogP contribution in [0, 0.1) is 0 Å². The topological polar surface area (TPSA) is 34.4 Å². The number of aromatic nitrogens is 1. The monoisotopic (exact) mass is 370 g/mol. The van der Waals surface area contributed by atoms with E-state index in [1.54, 1.807) is 12.1 Å². The highest BCUT2D eigenvalue weighted by molar-refractivity contribution is 7.18. The minimum absolute atomic E-state index is 0.264. The van der Waals surface area contributed by atoms with Gasteiger partial charge in [-0.25, -0.2) is 0 Å². The van der Waals surface area contributed by atoms with Crippen LogP contribution in [-0.2, 0) is 6.54 Å². The molecule has 2 heterocycles. The van der Waals surface area contributed by atoms with Crippen LogP contribution in [0.4, 0.5) is 0 Å². The van der Waals surface area contributed by atoms with Crippen LogP contribution in [0.1, 0.15) is 23.0 Å². The minimum Gasteiger partial charge on any atom is -0.316 e. The fourth-order valence-electron chi connectivity index (χ4n) is 2.14. The maximum Gasteiger partial charge on any atom is 0.289 e. The molecule has 0 N–H and O–H groups in total. The van der Waals surface area contributed by atoms with Crippen LogP contribution in [0.25, 0.3) is 10.2 Å². The van der Waals surface area contributed by atoms with Crippen LogP contribution in [0.15, 0.2) is 35.3 Å². The summed E-state index contributed by atoms with van der Waals surface area (Å²) in [5.41, 5.74) is 1.05. The van der Waals surface area contributed by atoms with E-state index in [2.05, 4.69) is 16.5 Å². The number of hydrogen-bond acceptors (Lipinski definition) is 3. The van der Waals surface area contributed by atoms with Crippen molar-refractivity contribution in [1.29, 1.82) is 0 Å². The van der Waals surface area contributed by atoms with Gasteiger partial charge in [0.2, 0.25) is 0 Å². The maximum absolute atomic E-state index is 12.3. The normalized spacial score (nSPS) is 12.2. The first-order valence-electron chi connectivity index (χ1n) is 6.72. The highest BCUT2D eigenvalue weighted by Gasteiger charge is 2.11. The quantitative estimate of drug-likeness (QED) is 0.621. The molecule has 0 aliphatic carbocycles. The molecule has 0 radical (unpaired) electrons. The van der Waals surface area contributed by atoms with E-state index in [0.717, 1.165) is 23.2 Å². The summed E-state index contributed by atoms with van der Waals surface area (Å²) >= 11 is 14.6. The molecule has 0 unspecified atom stereocenters. The van der Waals surface area contributed by atoms with Crippen LogP contribution in [0.3, 0.4) is 0 Å². The van der Waals surface area contributed by atoms with Gasteiger partial charge in [0, 0.05) is 11.6 Å². The molecule has 0 fully saturated rings. The Balaban J connectivity index is 2.14. The molecule has 0 spiro atoms. The smallest absolute Gasteiger partial charge is 0.289 e. The summed E-state index contributed by atoms with van der Waals surface area (Å²) in [6.07, 6.45) is 0.959. The first kappa shape index (κ1) is 15.7. The number of thiazole rings is 1. The number of fused-ring (bicyclic) bond motifs is 1. The van der Waals surface area contributed by atoms with Crippen LogP contribution < -0.4 is 4.80 Å². The summed E-state index contributed by atoms with van der Waals surface area (Å²) < 4.78 is 3.67. The van der Waals surface area contributed by atoms with Crippen LogP contribution in [0.2, 0.25) is 9.36 Å². The van der Waals surface area contributed by atoms with Crippen LogP contribution in [-0.4, -0.2) is 10.5 Å².